The van der Waals surface area contributed by atoms with E-state index in [2.05, 4.69) is 12.2 Å². The summed E-state index contributed by atoms with van der Waals surface area (Å²) >= 11 is 1.92. The molecule has 0 bridgehead atoms. The number of amides is 2. The Kier molecular flexibility index (Phi) is 3.97. The maximum Gasteiger partial charge on any atom is 0.242 e. The molecule has 1 aliphatic carbocycles. The first-order valence-corrected chi connectivity index (χ1v) is 7.40. The topological polar surface area (TPSA) is 49.4 Å². The molecule has 1 saturated heterocycles. The van der Waals surface area contributed by atoms with Crippen LogP contribution in [-0.2, 0) is 9.59 Å². The van der Waals surface area contributed by atoms with E-state index in [0.29, 0.717) is 5.25 Å². The maximum absolute atomic E-state index is 12.0. The fraction of sp³-hybridized carbons (Fsp3) is 0.833. The van der Waals surface area contributed by atoms with Gasteiger partial charge in [0.2, 0.25) is 11.8 Å². The zero-order valence-corrected chi connectivity index (χ0v) is 11.3. The van der Waals surface area contributed by atoms with Crippen LogP contribution < -0.4 is 5.32 Å². The normalized spacial score (nSPS) is 34.0. The van der Waals surface area contributed by atoms with E-state index in [9.17, 15) is 9.59 Å². The summed E-state index contributed by atoms with van der Waals surface area (Å²) in [5.74, 6) is 1.13. The smallest absolute Gasteiger partial charge is 0.242 e. The molecule has 2 rings (SSSR count). The van der Waals surface area contributed by atoms with Crippen LogP contribution in [0.3, 0.4) is 0 Å². The van der Waals surface area contributed by atoms with Gasteiger partial charge in [0.1, 0.15) is 6.04 Å². The Morgan fingerprint density at radius 3 is 2.88 bits per heavy atom. The molecule has 0 aromatic carbocycles. The second-order valence-corrected chi connectivity index (χ2v) is 6.20. The van der Waals surface area contributed by atoms with Crippen LogP contribution in [0, 0.1) is 0 Å². The first-order valence-electron chi connectivity index (χ1n) is 6.35. The van der Waals surface area contributed by atoms with Gasteiger partial charge in [-0.2, -0.15) is 11.8 Å². The minimum absolute atomic E-state index is 0.0169. The largest absolute Gasteiger partial charge is 0.345 e. The molecule has 1 heterocycles. The Bertz CT molecular complexity index is 322. The highest BCUT2D eigenvalue weighted by Gasteiger charge is 2.41. The van der Waals surface area contributed by atoms with Crippen molar-refractivity contribution in [3.63, 3.8) is 0 Å². The lowest BCUT2D eigenvalue weighted by Crippen LogP contribution is -2.61. The second-order valence-electron chi connectivity index (χ2n) is 4.69. The first kappa shape index (κ1) is 12.7. The van der Waals surface area contributed by atoms with Gasteiger partial charge in [0.05, 0.1) is 6.54 Å². The number of piperazine rings is 1. The molecule has 0 aromatic rings. The van der Waals surface area contributed by atoms with Crippen LogP contribution in [0.5, 0.6) is 0 Å². The third-order valence-corrected chi connectivity index (χ3v) is 4.97. The number of carbonyl (C=O) groups excluding carboxylic acids is 2. The molecule has 5 heteroatoms. The monoisotopic (exact) mass is 256 g/mol. The predicted octanol–water partition coefficient (Wildman–Crippen LogP) is 1.01. The van der Waals surface area contributed by atoms with Crippen LogP contribution in [-0.4, -0.2) is 46.3 Å². The van der Waals surface area contributed by atoms with Crippen molar-refractivity contribution >= 4 is 23.6 Å². The lowest BCUT2D eigenvalue weighted by molar-refractivity contribution is -0.147. The molecule has 17 heavy (non-hydrogen) atoms. The van der Waals surface area contributed by atoms with E-state index in [-0.39, 0.29) is 30.4 Å². The summed E-state index contributed by atoms with van der Waals surface area (Å²) in [6.07, 6.45) is 3.38. The molecule has 3 atom stereocenters. The third-order valence-electron chi connectivity index (χ3n) is 3.65. The summed E-state index contributed by atoms with van der Waals surface area (Å²) in [7, 11) is 0. The van der Waals surface area contributed by atoms with E-state index in [0.717, 1.165) is 12.2 Å². The Hall–Kier alpha value is -0.710. The number of nitrogens with zero attached hydrogens (tertiary/aromatic N) is 1. The molecule has 0 aromatic heterocycles. The Labute approximate surface area is 106 Å². The fourth-order valence-electron chi connectivity index (χ4n) is 2.85. The zero-order valence-electron chi connectivity index (χ0n) is 10.4. The summed E-state index contributed by atoms with van der Waals surface area (Å²) in [4.78, 5) is 25.5. The molecule has 1 saturated carbocycles. The molecule has 96 valence electrons. The van der Waals surface area contributed by atoms with E-state index in [1.807, 2.05) is 23.6 Å². The Morgan fingerprint density at radius 2 is 2.18 bits per heavy atom. The molecule has 0 spiro atoms. The molecule has 2 fully saturated rings. The van der Waals surface area contributed by atoms with Gasteiger partial charge in [-0.15, -0.1) is 0 Å². The van der Waals surface area contributed by atoms with Crippen molar-refractivity contribution in [3.8, 4) is 0 Å². The number of hydrogen-bond acceptors (Lipinski definition) is 3. The minimum Gasteiger partial charge on any atom is -0.345 e. The number of carbonyl (C=O) groups is 2. The van der Waals surface area contributed by atoms with E-state index < -0.39 is 0 Å². The van der Waals surface area contributed by atoms with E-state index >= 15 is 0 Å². The molecule has 0 radical (unpaired) electrons. The molecule has 2 amide bonds. The van der Waals surface area contributed by atoms with Gasteiger partial charge in [-0.3, -0.25) is 9.59 Å². The summed E-state index contributed by atoms with van der Waals surface area (Å²) < 4.78 is 0. The fourth-order valence-corrected chi connectivity index (χ4v) is 4.10. The van der Waals surface area contributed by atoms with Crippen LogP contribution in [0.4, 0.5) is 0 Å². The van der Waals surface area contributed by atoms with Gasteiger partial charge in [-0.1, -0.05) is 13.3 Å². The first-order chi connectivity index (χ1) is 8.15. The number of rotatable bonds is 3. The summed E-state index contributed by atoms with van der Waals surface area (Å²) in [5, 5.41) is 3.16. The highest BCUT2D eigenvalue weighted by atomic mass is 32.2. The van der Waals surface area contributed by atoms with Crippen molar-refractivity contribution in [1.82, 2.24) is 10.2 Å². The number of hydrogen-bond donors (Lipinski definition) is 1. The average molecular weight is 256 g/mol. The molecular formula is C12H20N2O2S. The quantitative estimate of drug-likeness (QED) is 0.820. The van der Waals surface area contributed by atoms with E-state index in [1.54, 1.807) is 0 Å². The standard InChI is InChI=1S/C12H20N2O2S/c1-3-17-10-6-4-5-9(10)14-8(2)12(16)13-7-11(14)15/h8-10H,3-7H2,1-2H3,(H,13,16). The highest BCUT2D eigenvalue weighted by Crippen LogP contribution is 2.34. The van der Waals surface area contributed by atoms with E-state index in [1.165, 1.54) is 12.8 Å². The SMILES string of the molecule is CCSC1CCCC1N1C(=O)CNC(=O)C1C. The van der Waals surface area contributed by atoms with Gasteiger partial charge in [0.25, 0.3) is 0 Å². The molecule has 4 nitrogen and oxygen atoms in total. The molecular weight excluding hydrogens is 236 g/mol. The number of nitrogens with one attached hydrogen (secondary N) is 1. The molecule has 1 N–H and O–H groups in total. The van der Waals surface area contributed by atoms with Crippen molar-refractivity contribution in [2.24, 2.45) is 0 Å². The van der Waals surface area contributed by atoms with Gasteiger partial charge in [-0.25, -0.2) is 0 Å². The third kappa shape index (κ3) is 2.44. The second kappa shape index (κ2) is 5.29. The zero-order chi connectivity index (χ0) is 12.4. The molecule has 1 aliphatic heterocycles. The van der Waals surface area contributed by atoms with Gasteiger partial charge >= 0.3 is 0 Å². The average Bonchev–Trinajstić information content (AvgIpc) is 2.73. The van der Waals surface area contributed by atoms with Gasteiger partial charge in [0, 0.05) is 11.3 Å². The van der Waals surface area contributed by atoms with Gasteiger partial charge < -0.3 is 10.2 Å². The highest BCUT2D eigenvalue weighted by molar-refractivity contribution is 7.99. The maximum atomic E-state index is 12.0. The van der Waals surface area contributed by atoms with Crippen LogP contribution in [0.25, 0.3) is 0 Å². The van der Waals surface area contributed by atoms with Crippen molar-refractivity contribution in [1.29, 1.82) is 0 Å². The Morgan fingerprint density at radius 1 is 1.41 bits per heavy atom. The van der Waals surface area contributed by atoms with Crippen LogP contribution >= 0.6 is 11.8 Å². The van der Waals surface area contributed by atoms with Crippen molar-refractivity contribution < 1.29 is 9.59 Å². The Balaban J connectivity index is 2.13. The summed E-state index contributed by atoms with van der Waals surface area (Å²) in [5.41, 5.74) is 0. The minimum atomic E-state index is -0.306. The molecule has 2 aliphatic rings. The molecule has 3 unspecified atom stereocenters. The van der Waals surface area contributed by atoms with Crippen LogP contribution in [0.15, 0.2) is 0 Å². The van der Waals surface area contributed by atoms with Gasteiger partial charge in [-0.05, 0) is 25.5 Å². The van der Waals surface area contributed by atoms with Crippen molar-refractivity contribution in [2.45, 2.75) is 50.4 Å². The number of thioether (sulfide) groups is 1. The van der Waals surface area contributed by atoms with Crippen LogP contribution in [0.2, 0.25) is 0 Å². The van der Waals surface area contributed by atoms with Crippen molar-refractivity contribution in [2.75, 3.05) is 12.3 Å². The predicted molar refractivity (Wildman–Crippen MR) is 68.9 cm³/mol. The summed E-state index contributed by atoms with van der Waals surface area (Å²) in [6, 6.07) is -0.0483. The lowest BCUT2D eigenvalue weighted by Gasteiger charge is -2.39. The summed E-state index contributed by atoms with van der Waals surface area (Å²) in [6.45, 7) is 4.15. The van der Waals surface area contributed by atoms with Crippen LogP contribution in [0.1, 0.15) is 33.1 Å². The van der Waals surface area contributed by atoms with Gasteiger partial charge in [0.15, 0.2) is 0 Å². The van der Waals surface area contributed by atoms with Crippen molar-refractivity contribution in [3.05, 3.63) is 0 Å². The lowest BCUT2D eigenvalue weighted by atomic mass is 10.1. The van der Waals surface area contributed by atoms with E-state index in [4.69, 9.17) is 0 Å².